The molecule has 0 aliphatic rings. The van der Waals surface area contributed by atoms with Crippen molar-refractivity contribution in [3.63, 3.8) is 0 Å². The molecule has 0 saturated heterocycles. The molecule has 0 aliphatic heterocycles. The van der Waals surface area contributed by atoms with Crippen molar-refractivity contribution in [2.75, 3.05) is 7.11 Å². The molecule has 17 heavy (non-hydrogen) atoms. The largest absolute Gasteiger partial charge is 0.469 e. The van der Waals surface area contributed by atoms with Gasteiger partial charge in [0.25, 0.3) is 5.69 Å². The third-order valence-electron chi connectivity index (χ3n) is 2.58. The van der Waals surface area contributed by atoms with Crippen molar-refractivity contribution in [3.8, 4) is 0 Å². The molecule has 1 atom stereocenters. The standard InChI is InChI=1S/C12H15NO4/c1-8(2)11(12(14)17-3)9-4-6-10(7-5-9)13(15)16/h4-8,11H,1-3H3. The summed E-state index contributed by atoms with van der Waals surface area (Å²) in [4.78, 5) is 21.7. The highest BCUT2D eigenvalue weighted by atomic mass is 16.6. The molecule has 1 rings (SSSR count). The van der Waals surface area contributed by atoms with E-state index in [2.05, 4.69) is 0 Å². The van der Waals surface area contributed by atoms with Gasteiger partial charge in [0.1, 0.15) is 0 Å². The second kappa shape index (κ2) is 5.43. The Labute approximate surface area is 99.5 Å². The average molecular weight is 237 g/mol. The number of hydrogen-bond donors (Lipinski definition) is 0. The Kier molecular flexibility index (Phi) is 4.20. The van der Waals surface area contributed by atoms with E-state index in [1.165, 1.54) is 19.2 Å². The first kappa shape index (κ1) is 13.2. The van der Waals surface area contributed by atoms with Crippen LogP contribution >= 0.6 is 0 Å². The molecule has 1 aromatic rings. The molecule has 0 N–H and O–H groups in total. The van der Waals surface area contributed by atoms with E-state index in [1.54, 1.807) is 12.1 Å². The molecule has 0 aliphatic carbocycles. The lowest BCUT2D eigenvalue weighted by Gasteiger charge is -2.18. The highest BCUT2D eigenvalue weighted by Gasteiger charge is 2.25. The number of rotatable bonds is 4. The Morgan fingerprint density at radius 2 is 1.82 bits per heavy atom. The minimum atomic E-state index is -0.466. The summed E-state index contributed by atoms with van der Waals surface area (Å²) in [7, 11) is 1.34. The monoisotopic (exact) mass is 237 g/mol. The van der Waals surface area contributed by atoms with Crippen LogP contribution in [0, 0.1) is 16.0 Å². The molecule has 0 heterocycles. The third kappa shape index (κ3) is 3.03. The van der Waals surface area contributed by atoms with Gasteiger partial charge in [-0.15, -0.1) is 0 Å². The van der Waals surface area contributed by atoms with Crippen LogP contribution in [-0.2, 0) is 9.53 Å². The van der Waals surface area contributed by atoms with Gasteiger partial charge in [0, 0.05) is 12.1 Å². The van der Waals surface area contributed by atoms with E-state index in [0.29, 0.717) is 0 Å². The van der Waals surface area contributed by atoms with E-state index in [0.717, 1.165) is 5.56 Å². The second-order valence-corrected chi connectivity index (χ2v) is 4.09. The number of hydrogen-bond acceptors (Lipinski definition) is 4. The fourth-order valence-corrected chi connectivity index (χ4v) is 1.72. The average Bonchev–Trinajstić information content (AvgIpc) is 2.29. The molecule has 1 unspecified atom stereocenters. The molecular formula is C12H15NO4. The topological polar surface area (TPSA) is 69.4 Å². The van der Waals surface area contributed by atoms with E-state index in [4.69, 9.17) is 4.74 Å². The summed E-state index contributed by atoms with van der Waals surface area (Å²) in [5.74, 6) is -0.640. The number of carbonyl (C=O) groups is 1. The van der Waals surface area contributed by atoms with E-state index in [1.807, 2.05) is 13.8 Å². The lowest BCUT2D eigenvalue weighted by Crippen LogP contribution is -2.19. The lowest BCUT2D eigenvalue weighted by molar-refractivity contribution is -0.384. The number of nitro groups is 1. The van der Waals surface area contributed by atoms with Gasteiger partial charge in [-0.1, -0.05) is 26.0 Å². The summed E-state index contributed by atoms with van der Waals surface area (Å²) in [5.41, 5.74) is 0.749. The number of methoxy groups -OCH3 is 1. The first-order valence-electron chi connectivity index (χ1n) is 5.29. The van der Waals surface area contributed by atoms with Gasteiger partial charge in [0.15, 0.2) is 0 Å². The number of non-ortho nitro benzene ring substituents is 1. The predicted molar refractivity (Wildman–Crippen MR) is 62.7 cm³/mol. The van der Waals surface area contributed by atoms with Crippen molar-refractivity contribution >= 4 is 11.7 Å². The Hall–Kier alpha value is -1.91. The minimum Gasteiger partial charge on any atom is -0.469 e. The van der Waals surface area contributed by atoms with Crippen molar-refractivity contribution in [1.82, 2.24) is 0 Å². The van der Waals surface area contributed by atoms with Crippen LogP contribution in [0.3, 0.4) is 0 Å². The Morgan fingerprint density at radius 1 is 1.29 bits per heavy atom. The highest BCUT2D eigenvalue weighted by molar-refractivity contribution is 5.78. The zero-order chi connectivity index (χ0) is 13.0. The van der Waals surface area contributed by atoms with Crippen LogP contribution in [-0.4, -0.2) is 18.0 Å². The number of ether oxygens (including phenoxy) is 1. The quantitative estimate of drug-likeness (QED) is 0.458. The fourth-order valence-electron chi connectivity index (χ4n) is 1.72. The zero-order valence-electron chi connectivity index (χ0n) is 10.0. The molecule has 0 amide bonds. The molecule has 0 radical (unpaired) electrons. The van der Waals surface area contributed by atoms with Gasteiger partial charge in [-0.2, -0.15) is 0 Å². The van der Waals surface area contributed by atoms with Crippen LogP contribution in [0.5, 0.6) is 0 Å². The molecular weight excluding hydrogens is 222 g/mol. The van der Waals surface area contributed by atoms with Crippen LogP contribution in [0.15, 0.2) is 24.3 Å². The summed E-state index contributed by atoms with van der Waals surface area (Å²) in [6.45, 7) is 3.81. The second-order valence-electron chi connectivity index (χ2n) is 4.09. The molecule has 1 aromatic carbocycles. The summed E-state index contributed by atoms with van der Waals surface area (Å²) < 4.78 is 4.73. The molecule has 0 aromatic heterocycles. The Balaban J connectivity index is 3.03. The highest BCUT2D eigenvalue weighted by Crippen LogP contribution is 2.27. The Morgan fingerprint density at radius 3 is 2.18 bits per heavy atom. The van der Waals surface area contributed by atoms with Gasteiger partial charge >= 0.3 is 5.97 Å². The van der Waals surface area contributed by atoms with E-state index in [-0.39, 0.29) is 23.5 Å². The third-order valence-corrected chi connectivity index (χ3v) is 2.58. The van der Waals surface area contributed by atoms with Crippen molar-refractivity contribution < 1.29 is 14.5 Å². The van der Waals surface area contributed by atoms with E-state index >= 15 is 0 Å². The van der Waals surface area contributed by atoms with Gasteiger partial charge in [-0.05, 0) is 11.5 Å². The molecule has 0 spiro atoms. The van der Waals surface area contributed by atoms with Crippen LogP contribution in [0.1, 0.15) is 25.3 Å². The van der Waals surface area contributed by atoms with Gasteiger partial charge < -0.3 is 4.74 Å². The molecule has 0 saturated carbocycles. The summed E-state index contributed by atoms with van der Waals surface area (Å²) in [5, 5.41) is 10.5. The normalized spacial score (nSPS) is 12.2. The maximum absolute atomic E-state index is 11.6. The predicted octanol–water partition coefficient (Wildman–Crippen LogP) is 2.51. The summed E-state index contributed by atoms with van der Waals surface area (Å²) in [6, 6.07) is 5.99. The smallest absolute Gasteiger partial charge is 0.313 e. The number of nitrogens with zero attached hydrogens (tertiary/aromatic N) is 1. The molecule has 5 nitrogen and oxygen atoms in total. The number of nitro benzene ring substituents is 1. The SMILES string of the molecule is COC(=O)C(c1ccc([N+](=O)[O-])cc1)C(C)C. The van der Waals surface area contributed by atoms with Crippen molar-refractivity contribution in [1.29, 1.82) is 0 Å². The first-order valence-corrected chi connectivity index (χ1v) is 5.29. The number of carbonyl (C=O) groups excluding carboxylic acids is 1. The first-order chi connectivity index (χ1) is 7.97. The maximum atomic E-state index is 11.6. The minimum absolute atomic E-state index is 0.0149. The molecule has 5 heteroatoms. The zero-order valence-corrected chi connectivity index (χ0v) is 10.0. The fraction of sp³-hybridized carbons (Fsp3) is 0.417. The maximum Gasteiger partial charge on any atom is 0.313 e. The molecule has 92 valence electrons. The van der Waals surface area contributed by atoms with Crippen LogP contribution in [0.4, 0.5) is 5.69 Å². The van der Waals surface area contributed by atoms with Crippen molar-refractivity contribution in [2.24, 2.45) is 5.92 Å². The Bertz CT molecular complexity index is 411. The van der Waals surface area contributed by atoms with Crippen LogP contribution in [0.2, 0.25) is 0 Å². The summed E-state index contributed by atoms with van der Waals surface area (Å²) in [6.07, 6.45) is 0. The van der Waals surface area contributed by atoms with Gasteiger partial charge in [-0.3, -0.25) is 14.9 Å². The number of benzene rings is 1. The lowest BCUT2D eigenvalue weighted by atomic mass is 9.88. The van der Waals surface area contributed by atoms with Gasteiger partial charge in [0.05, 0.1) is 18.0 Å². The van der Waals surface area contributed by atoms with Crippen LogP contribution in [0.25, 0.3) is 0 Å². The van der Waals surface area contributed by atoms with Gasteiger partial charge in [0.2, 0.25) is 0 Å². The summed E-state index contributed by atoms with van der Waals surface area (Å²) >= 11 is 0. The van der Waals surface area contributed by atoms with E-state index in [9.17, 15) is 14.9 Å². The number of esters is 1. The van der Waals surface area contributed by atoms with Crippen molar-refractivity contribution in [2.45, 2.75) is 19.8 Å². The molecule has 0 fully saturated rings. The van der Waals surface area contributed by atoms with Crippen molar-refractivity contribution in [3.05, 3.63) is 39.9 Å². The molecule has 0 bridgehead atoms. The van der Waals surface area contributed by atoms with E-state index < -0.39 is 4.92 Å². The van der Waals surface area contributed by atoms with Gasteiger partial charge in [-0.25, -0.2) is 0 Å². The van der Waals surface area contributed by atoms with Crippen LogP contribution < -0.4 is 0 Å².